The van der Waals surface area contributed by atoms with Gasteiger partial charge in [0.15, 0.2) is 5.65 Å². The van der Waals surface area contributed by atoms with Crippen LogP contribution in [0.3, 0.4) is 0 Å². The highest BCUT2D eigenvalue weighted by molar-refractivity contribution is 5.92. The molecule has 3 aromatic rings. The second-order valence-corrected chi connectivity index (χ2v) is 9.88. The van der Waals surface area contributed by atoms with Crippen LogP contribution in [0.15, 0.2) is 30.3 Å². The largest absolute Gasteiger partial charge is 0.507 e. The van der Waals surface area contributed by atoms with Crippen molar-refractivity contribution < 1.29 is 9.90 Å². The van der Waals surface area contributed by atoms with E-state index in [0.717, 1.165) is 72.2 Å². The molecule has 2 aliphatic rings. The molecule has 2 unspecified atom stereocenters. The summed E-state index contributed by atoms with van der Waals surface area (Å²) in [4.78, 5) is 27.1. The Balaban J connectivity index is 1.68. The maximum Gasteiger partial charge on any atom is 0.229 e. The van der Waals surface area contributed by atoms with Crippen molar-refractivity contribution in [1.82, 2.24) is 19.8 Å². The molecule has 2 saturated heterocycles. The predicted molar refractivity (Wildman–Crippen MR) is 131 cm³/mol. The Morgan fingerprint density at radius 1 is 1.03 bits per heavy atom. The van der Waals surface area contributed by atoms with Crippen LogP contribution < -0.4 is 0 Å². The molecule has 4 heterocycles. The van der Waals surface area contributed by atoms with Crippen molar-refractivity contribution in [1.29, 1.82) is 0 Å². The van der Waals surface area contributed by atoms with Crippen molar-refractivity contribution >= 4 is 16.9 Å². The highest BCUT2D eigenvalue weighted by atomic mass is 16.3. The minimum atomic E-state index is -0.150. The van der Waals surface area contributed by atoms with Gasteiger partial charge in [0.25, 0.3) is 0 Å². The van der Waals surface area contributed by atoms with Crippen LogP contribution in [0, 0.1) is 13.8 Å². The molecule has 1 N–H and O–H groups in total. The van der Waals surface area contributed by atoms with E-state index in [0.29, 0.717) is 17.3 Å². The summed E-state index contributed by atoms with van der Waals surface area (Å²) < 4.78 is 0. The van der Waals surface area contributed by atoms with Gasteiger partial charge in [-0.15, -0.1) is 0 Å². The van der Waals surface area contributed by atoms with Crippen LogP contribution in [0.1, 0.15) is 53.5 Å². The van der Waals surface area contributed by atoms with Crippen LogP contribution in [-0.4, -0.2) is 64.5 Å². The van der Waals surface area contributed by atoms with E-state index in [2.05, 4.69) is 24.1 Å². The van der Waals surface area contributed by atoms with Gasteiger partial charge in [-0.25, -0.2) is 9.97 Å². The van der Waals surface area contributed by atoms with Gasteiger partial charge in [-0.3, -0.25) is 4.79 Å². The predicted octanol–water partition coefficient (Wildman–Crippen LogP) is 4.37. The Morgan fingerprint density at radius 3 is 2.55 bits per heavy atom. The quantitative estimate of drug-likeness (QED) is 0.649. The number of piperidine rings is 1. The maximum absolute atomic E-state index is 12.9. The molecule has 2 atom stereocenters. The summed E-state index contributed by atoms with van der Waals surface area (Å²) in [6.07, 6.45) is 3.06. The normalized spacial score (nSPS) is 21.8. The summed E-state index contributed by atoms with van der Waals surface area (Å²) in [5.41, 5.74) is 6.19. The smallest absolute Gasteiger partial charge is 0.229 e. The number of benzene rings is 1. The number of aromatic hydroxyl groups is 1. The molecule has 0 aliphatic carbocycles. The SMILES string of the molecule is Cc1cc(C)c(-c2ccc3c(C4CCN(C)C4=O)cc(C4CCCN(C)C4)nc3n2)c(O)c1. The fraction of sp³-hybridized carbons (Fsp3) is 0.444. The van der Waals surface area contributed by atoms with E-state index >= 15 is 0 Å². The van der Waals surface area contributed by atoms with Crippen LogP contribution in [0.5, 0.6) is 5.75 Å². The van der Waals surface area contributed by atoms with E-state index in [1.807, 2.05) is 37.9 Å². The summed E-state index contributed by atoms with van der Waals surface area (Å²) >= 11 is 0. The number of likely N-dealkylation sites (tertiary alicyclic amines) is 2. The first kappa shape index (κ1) is 21.8. The lowest BCUT2D eigenvalue weighted by Crippen LogP contribution is -2.31. The van der Waals surface area contributed by atoms with E-state index < -0.39 is 0 Å². The molecule has 172 valence electrons. The number of rotatable bonds is 3. The third-order valence-electron chi connectivity index (χ3n) is 7.29. The number of carbonyl (C=O) groups excluding carboxylic acids is 1. The minimum Gasteiger partial charge on any atom is -0.507 e. The molecule has 2 aliphatic heterocycles. The van der Waals surface area contributed by atoms with E-state index in [1.54, 1.807) is 6.07 Å². The van der Waals surface area contributed by atoms with Crippen molar-refractivity contribution in [2.75, 3.05) is 33.7 Å². The van der Waals surface area contributed by atoms with Gasteiger partial charge in [-0.2, -0.15) is 0 Å². The van der Waals surface area contributed by atoms with Crippen LogP contribution in [0.25, 0.3) is 22.3 Å². The summed E-state index contributed by atoms with van der Waals surface area (Å²) in [5, 5.41) is 11.6. The van der Waals surface area contributed by atoms with Crippen molar-refractivity contribution in [3.8, 4) is 17.0 Å². The molecule has 6 nitrogen and oxygen atoms in total. The van der Waals surface area contributed by atoms with Gasteiger partial charge in [-0.1, -0.05) is 6.07 Å². The van der Waals surface area contributed by atoms with Gasteiger partial charge >= 0.3 is 0 Å². The lowest BCUT2D eigenvalue weighted by atomic mass is 9.89. The molecule has 2 aromatic heterocycles. The zero-order valence-corrected chi connectivity index (χ0v) is 19.9. The van der Waals surface area contributed by atoms with Gasteiger partial charge in [0.1, 0.15) is 5.75 Å². The third kappa shape index (κ3) is 3.97. The number of pyridine rings is 2. The third-order valence-corrected chi connectivity index (χ3v) is 7.29. The van der Waals surface area contributed by atoms with Crippen LogP contribution in [0.2, 0.25) is 0 Å². The Morgan fingerprint density at radius 2 is 1.85 bits per heavy atom. The molecule has 0 spiro atoms. The zero-order chi connectivity index (χ0) is 23.3. The first-order valence-electron chi connectivity index (χ1n) is 11.9. The molecule has 2 fully saturated rings. The fourth-order valence-corrected chi connectivity index (χ4v) is 5.58. The number of nitrogens with zero attached hydrogens (tertiary/aromatic N) is 4. The highest BCUT2D eigenvalue weighted by Crippen LogP contribution is 2.38. The standard InChI is InChI=1S/C27H32N4O2/c1-16-12-17(2)25(24(32)13-16)22-8-7-19-21(20-9-11-31(4)27(20)33)14-23(29-26(19)28-22)18-6-5-10-30(3)15-18/h7-8,12-14,18,20,32H,5-6,9-11,15H2,1-4H3. The van der Waals surface area contributed by atoms with E-state index in [-0.39, 0.29) is 17.6 Å². The van der Waals surface area contributed by atoms with Gasteiger partial charge < -0.3 is 14.9 Å². The summed E-state index contributed by atoms with van der Waals surface area (Å²) in [5.74, 6) is 0.589. The Kier molecular flexibility index (Phi) is 5.57. The second-order valence-electron chi connectivity index (χ2n) is 9.88. The maximum atomic E-state index is 12.9. The molecule has 0 radical (unpaired) electrons. The number of phenolic OH excluding ortho intramolecular Hbond substituents is 1. The molecule has 0 bridgehead atoms. The number of hydrogen-bond acceptors (Lipinski definition) is 5. The topological polar surface area (TPSA) is 69.6 Å². The zero-order valence-electron chi connectivity index (χ0n) is 19.9. The van der Waals surface area contributed by atoms with Gasteiger partial charge in [0.05, 0.1) is 11.6 Å². The highest BCUT2D eigenvalue weighted by Gasteiger charge is 2.33. The number of aromatic nitrogens is 2. The monoisotopic (exact) mass is 444 g/mol. The summed E-state index contributed by atoms with van der Waals surface area (Å²) in [6.45, 7) is 6.82. The van der Waals surface area contributed by atoms with E-state index in [9.17, 15) is 9.90 Å². The van der Waals surface area contributed by atoms with Gasteiger partial charge in [0.2, 0.25) is 5.91 Å². The lowest BCUT2D eigenvalue weighted by Gasteiger charge is -2.30. The summed E-state index contributed by atoms with van der Waals surface area (Å²) in [7, 11) is 4.03. The van der Waals surface area contributed by atoms with Crippen molar-refractivity contribution in [3.63, 3.8) is 0 Å². The van der Waals surface area contributed by atoms with Gasteiger partial charge in [-0.05, 0) is 87.7 Å². The van der Waals surface area contributed by atoms with Crippen LogP contribution in [0.4, 0.5) is 0 Å². The first-order chi connectivity index (χ1) is 15.8. The number of aryl methyl sites for hydroxylation is 2. The molecule has 1 aromatic carbocycles. The molecule has 0 saturated carbocycles. The molecular formula is C27H32N4O2. The van der Waals surface area contributed by atoms with Crippen LogP contribution >= 0.6 is 0 Å². The Labute approximate surface area is 195 Å². The number of phenols is 1. The van der Waals surface area contributed by atoms with Crippen molar-refractivity contribution in [3.05, 3.63) is 52.7 Å². The molecule has 6 heteroatoms. The fourth-order valence-electron chi connectivity index (χ4n) is 5.58. The molecule has 1 amide bonds. The Bertz CT molecular complexity index is 1220. The lowest BCUT2D eigenvalue weighted by molar-refractivity contribution is -0.127. The van der Waals surface area contributed by atoms with Crippen LogP contribution in [-0.2, 0) is 4.79 Å². The first-order valence-corrected chi connectivity index (χ1v) is 11.9. The number of fused-ring (bicyclic) bond motifs is 1. The van der Waals surface area contributed by atoms with E-state index in [4.69, 9.17) is 9.97 Å². The second kappa shape index (κ2) is 8.41. The molecule has 5 rings (SSSR count). The average Bonchev–Trinajstić information content (AvgIpc) is 3.10. The van der Waals surface area contributed by atoms with Crippen molar-refractivity contribution in [2.24, 2.45) is 0 Å². The number of hydrogen-bond donors (Lipinski definition) is 1. The molecule has 33 heavy (non-hydrogen) atoms. The number of carbonyl (C=O) groups is 1. The number of likely N-dealkylation sites (N-methyl/N-ethyl adjacent to an activating group) is 2. The minimum absolute atomic E-state index is 0.150. The summed E-state index contributed by atoms with van der Waals surface area (Å²) in [6, 6.07) is 9.97. The molecular weight excluding hydrogens is 412 g/mol. The van der Waals surface area contributed by atoms with Crippen molar-refractivity contribution in [2.45, 2.75) is 44.9 Å². The average molecular weight is 445 g/mol. The van der Waals surface area contributed by atoms with Gasteiger partial charge in [0, 0.05) is 42.7 Å². The van der Waals surface area contributed by atoms with E-state index in [1.165, 1.54) is 0 Å². The Hall–Kier alpha value is -2.99. The number of amides is 1.